The average molecular weight is 486 g/mol. The number of unbranched alkanes of at least 4 members (excludes halogenated alkanes) is 2. The molecule has 0 radical (unpaired) electrons. The zero-order valence-electron chi connectivity index (χ0n) is 21.2. The summed E-state index contributed by atoms with van der Waals surface area (Å²) in [6.07, 6.45) is 4.81. The third kappa shape index (κ3) is 6.87. The Morgan fingerprint density at radius 3 is 2.58 bits per heavy atom. The number of methoxy groups -OCH3 is 1. The number of nitrogens with zero attached hydrogens (tertiary/aromatic N) is 2. The van der Waals surface area contributed by atoms with E-state index >= 15 is 0 Å². The first-order valence-corrected chi connectivity index (χ1v) is 12.7. The second-order valence-corrected chi connectivity index (χ2v) is 8.98. The molecule has 0 aliphatic heterocycles. The Morgan fingerprint density at radius 1 is 0.917 bits per heavy atom. The number of fused-ring (bicyclic) bond motifs is 1. The molecule has 0 bridgehead atoms. The molecule has 0 saturated heterocycles. The zero-order valence-corrected chi connectivity index (χ0v) is 21.2. The summed E-state index contributed by atoms with van der Waals surface area (Å²) in [7, 11) is 1.60. The molecule has 0 fully saturated rings. The minimum Gasteiger partial charge on any atom is -0.497 e. The fourth-order valence-corrected chi connectivity index (χ4v) is 4.27. The van der Waals surface area contributed by atoms with Crippen LogP contribution in [0.4, 0.5) is 0 Å². The highest BCUT2D eigenvalue weighted by Crippen LogP contribution is 2.19. The van der Waals surface area contributed by atoms with E-state index in [2.05, 4.69) is 47.1 Å². The molecule has 0 aliphatic rings. The molecule has 1 amide bonds. The fraction of sp³-hybridized carbons (Fsp3) is 0.333. The van der Waals surface area contributed by atoms with Gasteiger partial charge in [-0.05, 0) is 68.7 Å². The molecule has 4 aromatic rings. The van der Waals surface area contributed by atoms with Gasteiger partial charge < -0.3 is 19.4 Å². The highest BCUT2D eigenvalue weighted by atomic mass is 16.5. The lowest BCUT2D eigenvalue weighted by atomic mass is 10.1. The maximum Gasteiger partial charge on any atom is 0.251 e. The van der Waals surface area contributed by atoms with E-state index in [9.17, 15) is 4.79 Å². The number of aromatic nitrogens is 2. The molecule has 6 heteroatoms. The quantitative estimate of drug-likeness (QED) is 0.237. The van der Waals surface area contributed by atoms with Crippen LogP contribution in [0, 0.1) is 6.92 Å². The maximum absolute atomic E-state index is 12.4. The monoisotopic (exact) mass is 485 g/mol. The Kier molecular flexibility index (Phi) is 8.98. The highest BCUT2D eigenvalue weighted by Gasteiger charge is 2.11. The number of para-hydroxylation sites is 2. The molecular weight excluding hydrogens is 450 g/mol. The first-order chi connectivity index (χ1) is 17.6. The molecule has 0 unspecified atom stereocenters. The van der Waals surface area contributed by atoms with Crippen molar-refractivity contribution in [2.45, 2.75) is 45.6 Å². The van der Waals surface area contributed by atoms with Crippen LogP contribution in [0.2, 0.25) is 0 Å². The number of hydrogen-bond donors (Lipinski definition) is 1. The van der Waals surface area contributed by atoms with Crippen LogP contribution < -0.4 is 14.8 Å². The van der Waals surface area contributed by atoms with Gasteiger partial charge in [-0.15, -0.1) is 0 Å². The molecule has 0 aliphatic carbocycles. The van der Waals surface area contributed by atoms with Crippen LogP contribution in [0.5, 0.6) is 11.5 Å². The Hall–Kier alpha value is -3.80. The number of hydrogen-bond acceptors (Lipinski definition) is 4. The number of aryl methyl sites for hydroxylation is 3. The van der Waals surface area contributed by atoms with Gasteiger partial charge >= 0.3 is 0 Å². The molecule has 0 spiro atoms. The summed E-state index contributed by atoms with van der Waals surface area (Å²) in [5.41, 5.74) is 4.07. The minimum absolute atomic E-state index is 0.0662. The Labute approximate surface area is 213 Å². The Bertz CT molecular complexity index is 1260. The number of benzene rings is 3. The average Bonchev–Trinajstić information content (AvgIpc) is 3.26. The van der Waals surface area contributed by atoms with E-state index in [4.69, 9.17) is 14.5 Å². The second-order valence-electron chi connectivity index (χ2n) is 8.98. The Morgan fingerprint density at radius 2 is 1.75 bits per heavy atom. The smallest absolute Gasteiger partial charge is 0.251 e. The van der Waals surface area contributed by atoms with Gasteiger partial charge in [0.15, 0.2) is 0 Å². The van der Waals surface area contributed by atoms with E-state index in [1.54, 1.807) is 19.2 Å². The normalized spacial score (nSPS) is 10.9. The van der Waals surface area contributed by atoms with Crippen LogP contribution in [0.25, 0.3) is 11.0 Å². The van der Waals surface area contributed by atoms with Crippen molar-refractivity contribution in [2.75, 3.05) is 20.3 Å². The summed E-state index contributed by atoms with van der Waals surface area (Å²) < 4.78 is 13.5. The van der Waals surface area contributed by atoms with Crippen molar-refractivity contribution in [1.29, 1.82) is 0 Å². The van der Waals surface area contributed by atoms with Gasteiger partial charge in [-0.25, -0.2) is 4.98 Å². The molecule has 0 atom stereocenters. The largest absolute Gasteiger partial charge is 0.497 e. The first-order valence-electron chi connectivity index (χ1n) is 12.7. The lowest BCUT2D eigenvalue weighted by Crippen LogP contribution is -2.24. The van der Waals surface area contributed by atoms with Crippen LogP contribution >= 0.6 is 0 Å². The summed E-state index contributed by atoms with van der Waals surface area (Å²) in [4.78, 5) is 17.3. The van der Waals surface area contributed by atoms with Gasteiger partial charge in [0.1, 0.15) is 17.3 Å². The molecule has 1 N–H and O–H groups in total. The van der Waals surface area contributed by atoms with E-state index in [-0.39, 0.29) is 5.91 Å². The number of carbonyl (C=O) groups is 1. The highest BCUT2D eigenvalue weighted by molar-refractivity contribution is 5.94. The number of ether oxygens (including phenoxy) is 2. The maximum atomic E-state index is 12.4. The third-order valence-electron chi connectivity index (χ3n) is 6.24. The van der Waals surface area contributed by atoms with Crippen molar-refractivity contribution < 1.29 is 14.3 Å². The van der Waals surface area contributed by atoms with Crippen LogP contribution in [-0.2, 0) is 13.0 Å². The topological polar surface area (TPSA) is 65.4 Å². The lowest BCUT2D eigenvalue weighted by Gasteiger charge is -2.11. The summed E-state index contributed by atoms with van der Waals surface area (Å²) in [6, 6.07) is 23.7. The van der Waals surface area contributed by atoms with Gasteiger partial charge in [0.05, 0.1) is 24.8 Å². The first kappa shape index (κ1) is 25.3. The van der Waals surface area contributed by atoms with Crippen LogP contribution in [0.1, 0.15) is 47.4 Å². The van der Waals surface area contributed by atoms with Crippen molar-refractivity contribution in [3.63, 3.8) is 0 Å². The molecule has 1 aromatic heterocycles. The van der Waals surface area contributed by atoms with Gasteiger partial charge in [-0.3, -0.25) is 4.79 Å². The number of imidazole rings is 1. The number of nitrogens with one attached hydrogen (secondary N) is 1. The van der Waals surface area contributed by atoms with Crippen molar-refractivity contribution in [1.82, 2.24) is 14.9 Å². The number of rotatable bonds is 13. The van der Waals surface area contributed by atoms with Crippen molar-refractivity contribution in [2.24, 2.45) is 0 Å². The van der Waals surface area contributed by atoms with Crippen LogP contribution in [0.15, 0.2) is 72.8 Å². The summed E-state index contributed by atoms with van der Waals surface area (Å²) in [5, 5.41) is 3.00. The molecule has 3 aromatic carbocycles. The van der Waals surface area contributed by atoms with Gasteiger partial charge in [0.25, 0.3) is 5.91 Å². The summed E-state index contributed by atoms with van der Waals surface area (Å²) >= 11 is 0. The van der Waals surface area contributed by atoms with E-state index in [1.807, 2.05) is 30.3 Å². The van der Waals surface area contributed by atoms with E-state index in [1.165, 1.54) is 11.1 Å². The molecule has 4 rings (SSSR count). The lowest BCUT2D eigenvalue weighted by molar-refractivity contribution is 0.0952. The summed E-state index contributed by atoms with van der Waals surface area (Å²) in [5.74, 6) is 2.65. The van der Waals surface area contributed by atoms with Gasteiger partial charge in [-0.1, -0.05) is 42.3 Å². The SMILES string of the molecule is COc1cccc(C(=O)NCCCCCc2nc3ccccc3n2CCCOc2ccc(C)cc2)c1. The third-order valence-corrected chi connectivity index (χ3v) is 6.24. The predicted octanol–water partition coefficient (Wildman–Crippen LogP) is 5.97. The molecule has 1 heterocycles. The molecule has 6 nitrogen and oxygen atoms in total. The van der Waals surface area contributed by atoms with Crippen LogP contribution in [0.3, 0.4) is 0 Å². The van der Waals surface area contributed by atoms with Gasteiger partial charge in [0, 0.05) is 25.1 Å². The standard InChI is InChI=1S/C30H35N3O3/c1-23-15-17-25(18-16-23)36-21-9-20-33-28-13-6-5-12-27(28)32-29(33)14-4-3-7-19-31-30(34)24-10-8-11-26(22-24)35-2/h5-6,8,10-13,15-18,22H,3-4,7,9,14,19-21H2,1-2H3,(H,31,34). The van der Waals surface area contributed by atoms with Gasteiger partial charge in [-0.2, -0.15) is 0 Å². The van der Waals surface area contributed by atoms with Gasteiger partial charge in [0.2, 0.25) is 0 Å². The fourth-order valence-electron chi connectivity index (χ4n) is 4.27. The number of carbonyl (C=O) groups excluding carboxylic acids is 1. The number of amides is 1. The Balaban J connectivity index is 1.23. The van der Waals surface area contributed by atoms with Crippen molar-refractivity contribution in [3.05, 3.63) is 89.7 Å². The van der Waals surface area contributed by atoms with E-state index in [0.717, 1.165) is 55.7 Å². The summed E-state index contributed by atoms with van der Waals surface area (Å²) in [6.45, 7) is 4.27. The van der Waals surface area contributed by atoms with Crippen molar-refractivity contribution >= 4 is 16.9 Å². The molecule has 0 saturated carbocycles. The second kappa shape index (κ2) is 12.8. The molecular formula is C30H35N3O3. The van der Waals surface area contributed by atoms with Crippen LogP contribution in [-0.4, -0.2) is 35.7 Å². The molecule has 36 heavy (non-hydrogen) atoms. The van der Waals surface area contributed by atoms with E-state index in [0.29, 0.717) is 24.5 Å². The zero-order chi connectivity index (χ0) is 25.2. The molecule has 188 valence electrons. The van der Waals surface area contributed by atoms with Crippen molar-refractivity contribution in [3.8, 4) is 11.5 Å². The minimum atomic E-state index is -0.0662. The predicted molar refractivity (Wildman–Crippen MR) is 144 cm³/mol. The van der Waals surface area contributed by atoms with E-state index < -0.39 is 0 Å².